The summed E-state index contributed by atoms with van der Waals surface area (Å²) in [5, 5.41) is 6.45. The van der Waals surface area contributed by atoms with E-state index in [-0.39, 0.29) is 11.9 Å². The van der Waals surface area contributed by atoms with Gasteiger partial charge in [0.2, 0.25) is 5.91 Å². The maximum absolute atomic E-state index is 13.3. The molecule has 2 aliphatic rings. The number of hydrazine groups is 1. The molecule has 1 N–H and O–H groups in total. The van der Waals surface area contributed by atoms with Crippen molar-refractivity contribution in [3.8, 4) is 0 Å². The highest BCUT2D eigenvalue weighted by Gasteiger charge is 2.40. The van der Waals surface area contributed by atoms with Crippen molar-refractivity contribution in [2.75, 3.05) is 26.2 Å². The summed E-state index contributed by atoms with van der Waals surface area (Å²) in [4.78, 5) is 44.2. The number of imidazole rings is 1. The van der Waals surface area contributed by atoms with Crippen LogP contribution in [0.4, 0.5) is 9.59 Å². The molecule has 10 heteroatoms. The van der Waals surface area contributed by atoms with Gasteiger partial charge < -0.3 is 15.0 Å². The number of carbonyl (C=O) groups is 3. The zero-order valence-corrected chi connectivity index (χ0v) is 19.6. The van der Waals surface area contributed by atoms with E-state index in [1.807, 2.05) is 32.7 Å². The maximum atomic E-state index is 13.3. The molecule has 0 aliphatic carbocycles. The molecule has 0 radical (unpaired) electrons. The third-order valence-corrected chi connectivity index (χ3v) is 5.42. The van der Waals surface area contributed by atoms with Crippen LogP contribution in [0, 0.1) is 12.3 Å². The SMILES string of the molecule is Cc1ncc2n1C(=O)N(N1CCN(C(=O)C(NC(=O)OC(C)(C)C)C(C)(C)C)CC1)C2. The first-order valence-corrected chi connectivity index (χ1v) is 10.7. The maximum Gasteiger partial charge on any atom is 0.408 e. The molecule has 31 heavy (non-hydrogen) atoms. The summed E-state index contributed by atoms with van der Waals surface area (Å²) in [6.07, 6.45) is 1.12. The standard InChI is InChI=1S/C21H34N6O4/c1-14-22-12-15-13-26(19(30)27(14)15)25-10-8-24(9-11-25)17(28)16(20(2,3)4)23-18(29)31-21(5,6)7/h12,16H,8-11,13H2,1-7H3,(H,23,29). The van der Waals surface area contributed by atoms with Gasteiger partial charge in [0.05, 0.1) is 18.4 Å². The Bertz CT molecular complexity index is 858. The molecule has 1 unspecified atom stereocenters. The van der Waals surface area contributed by atoms with Crippen LogP contribution in [0.3, 0.4) is 0 Å². The highest BCUT2D eigenvalue weighted by Crippen LogP contribution is 2.24. The first-order valence-electron chi connectivity index (χ1n) is 10.7. The minimum absolute atomic E-state index is 0.107. The molecule has 10 nitrogen and oxygen atoms in total. The molecule has 0 bridgehead atoms. The quantitative estimate of drug-likeness (QED) is 0.781. The van der Waals surface area contributed by atoms with E-state index in [0.29, 0.717) is 38.5 Å². The minimum Gasteiger partial charge on any atom is -0.444 e. The number of rotatable bonds is 3. The van der Waals surface area contributed by atoms with Crippen molar-refractivity contribution in [2.45, 2.75) is 66.7 Å². The summed E-state index contributed by atoms with van der Waals surface area (Å²) in [5.74, 6) is 0.537. The molecular formula is C21H34N6O4. The van der Waals surface area contributed by atoms with Gasteiger partial charge in [0, 0.05) is 26.2 Å². The number of ether oxygens (including phenoxy) is 1. The molecule has 1 atom stereocenters. The summed E-state index contributed by atoms with van der Waals surface area (Å²) in [6.45, 7) is 15.4. The average molecular weight is 435 g/mol. The first kappa shape index (κ1) is 23.1. The monoisotopic (exact) mass is 434 g/mol. The van der Waals surface area contributed by atoms with Crippen molar-refractivity contribution in [3.05, 3.63) is 17.7 Å². The van der Waals surface area contributed by atoms with Crippen LogP contribution < -0.4 is 5.32 Å². The molecule has 1 saturated heterocycles. The fourth-order valence-electron chi connectivity index (χ4n) is 3.84. The summed E-state index contributed by atoms with van der Waals surface area (Å²) >= 11 is 0. The van der Waals surface area contributed by atoms with Crippen LogP contribution in [-0.4, -0.2) is 80.3 Å². The number of fused-ring (bicyclic) bond motifs is 1. The number of piperazine rings is 1. The van der Waals surface area contributed by atoms with Crippen LogP contribution in [0.15, 0.2) is 6.20 Å². The van der Waals surface area contributed by atoms with Crippen molar-refractivity contribution >= 4 is 18.0 Å². The van der Waals surface area contributed by atoms with Gasteiger partial charge in [0.25, 0.3) is 0 Å². The topological polar surface area (TPSA) is 100 Å². The number of amides is 3. The Morgan fingerprint density at radius 2 is 1.71 bits per heavy atom. The van der Waals surface area contributed by atoms with Gasteiger partial charge in [-0.25, -0.2) is 24.1 Å². The van der Waals surface area contributed by atoms with E-state index in [4.69, 9.17) is 4.74 Å². The van der Waals surface area contributed by atoms with E-state index < -0.39 is 23.2 Å². The molecule has 1 aromatic rings. The van der Waals surface area contributed by atoms with Crippen molar-refractivity contribution in [3.63, 3.8) is 0 Å². The molecule has 2 aliphatic heterocycles. The lowest BCUT2D eigenvalue weighted by Crippen LogP contribution is -2.60. The Balaban J connectivity index is 1.61. The van der Waals surface area contributed by atoms with E-state index in [9.17, 15) is 14.4 Å². The number of alkyl carbamates (subject to hydrolysis) is 1. The van der Waals surface area contributed by atoms with Crippen LogP contribution in [0.2, 0.25) is 0 Å². The third kappa shape index (κ3) is 5.00. The van der Waals surface area contributed by atoms with Crippen LogP contribution >= 0.6 is 0 Å². The second kappa shape index (κ2) is 8.14. The van der Waals surface area contributed by atoms with E-state index in [1.165, 1.54) is 0 Å². The van der Waals surface area contributed by atoms with Crippen LogP contribution in [0.5, 0.6) is 0 Å². The number of hydrogen-bond donors (Lipinski definition) is 1. The van der Waals surface area contributed by atoms with Gasteiger partial charge in [-0.2, -0.15) is 0 Å². The number of carbonyl (C=O) groups excluding carboxylic acids is 3. The van der Waals surface area contributed by atoms with Crippen LogP contribution in [0.1, 0.15) is 53.1 Å². The number of nitrogens with zero attached hydrogens (tertiary/aromatic N) is 5. The molecule has 0 saturated carbocycles. The van der Waals surface area contributed by atoms with Gasteiger partial charge in [-0.15, -0.1) is 0 Å². The zero-order chi connectivity index (χ0) is 23.1. The van der Waals surface area contributed by atoms with Crippen LogP contribution in [-0.2, 0) is 16.1 Å². The molecule has 1 fully saturated rings. The summed E-state index contributed by atoms with van der Waals surface area (Å²) in [7, 11) is 0. The van der Waals surface area contributed by atoms with Gasteiger partial charge in [0.15, 0.2) is 0 Å². The second-order valence-corrected chi connectivity index (χ2v) is 10.2. The minimum atomic E-state index is -0.711. The smallest absolute Gasteiger partial charge is 0.408 e. The molecule has 0 aromatic carbocycles. The van der Waals surface area contributed by atoms with Crippen molar-refractivity contribution in [1.29, 1.82) is 0 Å². The molecule has 1 aromatic heterocycles. The Morgan fingerprint density at radius 1 is 1.10 bits per heavy atom. The van der Waals surface area contributed by atoms with Gasteiger partial charge in [0.1, 0.15) is 17.5 Å². The number of aromatic nitrogens is 2. The van der Waals surface area contributed by atoms with E-state index >= 15 is 0 Å². The van der Waals surface area contributed by atoms with Crippen molar-refractivity contribution in [1.82, 2.24) is 29.8 Å². The number of nitrogens with one attached hydrogen (secondary N) is 1. The lowest BCUT2D eigenvalue weighted by Gasteiger charge is -2.41. The number of hydrogen-bond acceptors (Lipinski definition) is 6. The number of aryl methyl sites for hydroxylation is 1. The van der Waals surface area contributed by atoms with E-state index in [1.54, 1.807) is 41.4 Å². The average Bonchev–Trinajstić information content (AvgIpc) is 3.17. The van der Waals surface area contributed by atoms with E-state index in [0.717, 1.165) is 5.69 Å². The lowest BCUT2D eigenvalue weighted by molar-refractivity contribution is -0.140. The van der Waals surface area contributed by atoms with Gasteiger partial charge in [-0.1, -0.05) is 20.8 Å². The zero-order valence-electron chi connectivity index (χ0n) is 19.6. The van der Waals surface area contributed by atoms with Gasteiger partial charge in [-0.3, -0.25) is 9.80 Å². The first-order chi connectivity index (χ1) is 14.3. The Labute approximate surface area is 183 Å². The molecule has 0 spiro atoms. The Hall–Kier alpha value is -2.62. The molecular weight excluding hydrogens is 400 g/mol. The van der Waals surface area contributed by atoms with E-state index in [2.05, 4.69) is 10.3 Å². The highest BCUT2D eigenvalue weighted by atomic mass is 16.6. The van der Waals surface area contributed by atoms with Gasteiger partial charge in [-0.05, 0) is 33.1 Å². The van der Waals surface area contributed by atoms with Crippen molar-refractivity contribution in [2.24, 2.45) is 5.41 Å². The fourth-order valence-corrected chi connectivity index (χ4v) is 3.84. The van der Waals surface area contributed by atoms with Crippen molar-refractivity contribution < 1.29 is 19.1 Å². The molecule has 3 heterocycles. The van der Waals surface area contributed by atoms with Crippen LogP contribution in [0.25, 0.3) is 0 Å². The molecule has 3 amide bonds. The lowest BCUT2D eigenvalue weighted by atomic mass is 9.85. The second-order valence-electron chi connectivity index (χ2n) is 10.2. The summed E-state index contributed by atoms with van der Waals surface area (Å²) in [6, 6.07) is -0.819. The predicted octanol–water partition coefficient (Wildman–Crippen LogP) is 1.97. The Kier molecular flexibility index (Phi) is 6.05. The largest absolute Gasteiger partial charge is 0.444 e. The Morgan fingerprint density at radius 3 is 2.23 bits per heavy atom. The normalized spacial score (nSPS) is 18.7. The summed E-state index contributed by atoms with van der Waals surface area (Å²) in [5.41, 5.74) is -0.254. The summed E-state index contributed by atoms with van der Waals surface area (Å²) < 4.78 is 6.97. The molecule has 172 valence electrons. The third-order valence-electron chi connectivity index (χ3n) is 5.42. The fraction of sp³-hybridized carbons (Fsp3) is 0.714. The highest BCUT2D eigenvalue weighted by molar-refractivity contribution is 5.86. The molecule has 3 rings (SSSR count). The van der Waals surface area contributed by atoms with Gasteiger partial charge >= 0.3 is 12.1 Å². The predicted molar refractivity (Wildman–Crippen MR) is 114 cm³/mol.